The van der Waals surface area contributed by atoms with E-state index in [9.17, 15) is 0 Å². The van der Waals surface area contributed by atoms with Crippen molar-refractivity contribution in [2.45, 2.75) is 57.0 Å². The van der Waals surface area contributed by atoms with Gasteiger partial charge < -0.3 is 15.8 Å². The topological polar surface area (TPSA) is 47.3 Å². The Morgan fingerprint density at radius 1 is 1.40 bits per heavy atom. The highest BCUT2D eigenvalue weighted by atomic mass is 16.5. The van der Waals surface area contributed by atoms with Gasteiger partial charge in [-0.15, -0.1) is 0 Å². The van der Waals surface area contributed by atoms with Crippen molar-refractivity contribution in [3.8, 4) is 0 Å². The lowest BCUT2D eigenvalue weighted by molar-refractivity contribution is 0.189. The second-order valence-electron chi connectivity index (χ2n) is 5.04. The molecule has 0 heterocycles. The summed E-state index contributed by atoms with van der Waals surface area (Å²) >= 11 is 0. The molecule has 0 radical (unpaired) electrons. The lowest BCUT2D eigenvalue weighted by Gasteiger charge is -2.27. The molecule has 1 rings (SSSR count). The van der Waals surface area contributed by atoms with Crippen LogP contribution in [0.3, 0.4) is 0 Å². The summed E-state index contributed by atoms with van der Waals surface area (Å²) < 4.78 is 5.01. The van der Waals surface area contributed by atoms with E-state index in [1.54, 1.807) is 7.11 Å². The Labute approximate surface area is 93.8 Å². The lowest BCUT2D eigenvalue weighted by atomic mass is 10.00. The van der Waals surface area contributed by atoms with Gasteiger partial charge in [-0.05, 0) is 32.6 Å². The second kappa shape index (κ2) is 6.46. The molecule has 90 valence electrons. The van der Waals surface area contributed by atoms with Crippen LogP contribution in [0.25, 0.3) is 0 Å². The van der Waals surface area contributed by atoms with Gasteiger partial charge in [0.15, 0.2) is 0 Å². The van der Waals surface area contributed by atoms with Crippen LogP contribution in [0.5, 0.6) is 0 Å². The molecule has 1 aliphatic carbocycles. The Morgan fingerprint density at radius 3 is 2.67 bits per heavy atom. The number of hydrogen-bond donors (Lipinski definition) is 2. The Hall–Kier alpha value is -0.120. The fourth-order valence-corrected chi connectivity index (χ4v) is 2.30. The number of hydrogen-bond acceptors (Lipinski definition) is 3. The van der Waals surface area contributed by atoms with Crippen molar-refractivity contribution in [1.82, 2.24) is 5.32 Å². The van der Waals surface area contributed by atoms with E-state index in [-0.39, 0.29) is 6.04 Å². The van der Waals surface area contributed by atoms with E-state index in [0.717, 1.165) is 26.0 Å². The van der Waals surface area contributed by atoms with E-state index in [4.69, 9.17) is 10.5 Å². The number of methoxy groups -OCH3 is 1. The van der Waals surface area contributed by atoms with Gasteiger partial charge in [0.2, 0.25) is 0 Å². The van der Waals surface area contributed by atoms with Gasteiger partial charge in [-0.1, -0.05) is 12.8 Å². The van der Waals surface area contributed by atoms with Crippen LogP contribution in [-0.2, 0) is 4.74 Å². The summed E-state index contributed by atoms with van der Waals surface area (Å²) in [5, 5.41) is 3.62. The third-order valence-electron chi connectivity index (χ3n) is 3.42. The molecule has 0 aliphatic heterocycles. The van der Waals surface area contributed by atoms with Crippen molar-refractivity contribution in [1.29, 1.82) is 0 Å². The predicted octanol–water partition coefficient (Wildman–Crippen LogP) is 1.66. The summed E-state index contributed by atoms with van der Waals surface area (Å²) in [5.41, 5.74) is 6.39. The van der Waals surface area contributed by atoms with Crippen LogP contribution in [0, 0.1) is 0 Å². The molecule has 0 aromatic heterocycles. The van der Waals surface area contributed by atoms with Gasteiger partial charge in [-0.25, -0.2) is 0 Å². The molecule has 1 atom stereocenters. The highest BCUT2D eigenvalue weighted by Gasteiger charge is 2.27. The molecule has 0 aromatic carbocycles. The van der Waals surface area contributed by atoms with E-state index in [1.165, 1.54) is 25.7 Å². The average molecular weight is 214 g/mol. The van der Waals surface area contributed by atoms with E-state index < -0.39 is 0 Å². The van der Waals surface area contributed by atoms with E-state index in [1.807, 2.05) is 0 Å². The minimum Gasteiger partial charge on any atom is -0.385 e. The second-order valence-corrected chi connectivity index (χ2v) is 5.04. The summed E-state index contributed by atoms with van der Waals surface area (Å²) in [6, 6.07) is 0.276. The SMILES string of the molecule is COCCCC(N)CNC1(C)CCCC1. The summed E-state index contributed by atoms with van der Waals surface area (Å²) in [6.07, 6.45) is 7.45. The Morgan fingerprint density at radius 2 is 2.07 bits per heavy atom. The van der Waals surface area contributed by atoms with Gasteiger partial charge in [-0.2, -0.15) is 0 Å². The third kappa shape index (κ3) is 4.96. The molecule has 0 bridgehead atoms. The monoisotopic (exact) mass is 214 g/mol. The van der Waals surface area contributed by atoms with Crippen LogP contribution in [0.1, 0.15) is 45.4 Å². The lowest BCUT2D eigenvalue weighted by Crippen LogP contribution is -2.46. The van der Waals surface area contributed by atoms with Gasteiger partial charge in [0.05, 0.1) is 0 Å². The maximum Gasteiger partial charge on any atom is 0.0462 e. The minimum absolute atomic E-state index is 0.276. The van der Waals surface area contributed by atoms with Gasteiger partial charge in [0, 0.05) is 31.8 Å². The minimum atomic E-state index is 0.276. The Kier molecular flexibility index (Phi) is 5.58. The molecular weight excluding hydrogens is 188 g/mol. The van der Waals surface area contributed by atoms with E-state index in [2.05, 4.69) is 12.2 Å². The fourth-order valence-electron chi connectivity index (χ4n) is 2.30. The van der Waals surface area contributed by atoms with Crippen molar-refractivity contribution in [2.24, 2.45) is 5.73 Å². The standard InChI is InChI=1S/C12H26N2O/c1-12(7-3-4-8-12)14-10-11(13)6-5-9-15-2/h11,14H,3-10,13H2,1-2H3. The summed E-state index contributed by atoms with van der Waals surface area (Å²) in [6.45, 7) is 4.09. The molecule has 3 heteroatoms. The molecule has 1 saturated carbocycles. The first-order valence-electron chi connectivity index (χ1n) is 6.16. The maximum atomic E-state index is 6.03. The number of ether oxygens (including phenoxy) is 1. The molecule has 0 amide bonds. The first-order valence-corrected chi connectivity index (χ1v) is 6.16. The zero-order chi connectivity index (χ0) is 11.1. The number of nitrogens with two attached hydrogens (primary N) is 1. The normalized spacial score (nSPS) is 21.8. The van der Waals surface area contributed by atoms with Crippen molar-refractivity contribution < 1.29 is 4.74 Å². The molecule has 1 fully saturated rings. The predicted molar refractivity (Wildman–Crippen MR) is 64.0 cm³/mol. The highest BCUT2D eigenvalue weighted by Crippen LogP contribution is 2.28. The van der Waals surface area contributed by atoms with Crippen LogP contribution < -0.4 is 11.1 Å². The molecule has 3 nitrogen and oxygen atoms in total. The molecule has 1 unspecified atom stereocenters. The van der Waals surface area contributed by atoms with Crippen molar-refractivity contribution in [3.05, 3.63) is 0 Å². The van der Waals surface area contributed by atoms with Crippen molar-refractivity contribution in [3.63, 3.8) is 0 Å². The molecule has 3 N–H and O–H groups in total. The highest BCUT2D eigenvalue weighted by molar-refractivity contribution is 4.89. The largest absolute Gasteiger partial charge is 0.385 e. The van der Waals surface area contributed by atoms with Gasteiger partial charge in [0.25, 0.3) is 0 Å². The summed E-state index contributed by atoms with van der Waals surface area (Å²) in [4.78, 5) is 0. The van der Waals surface area contributed by atoms with Crippen LogP contribution in [0.2, 0.25) is 0 Å². The summed E-state index contributed by atoms with van der Waals surface area (Å²) in [5.74, 6) is 0. The maximum absolute atomic E-state index is 6.03. The Bertz CT molecular complexity index is 167. The summed E-state index contributed by atoms with van der Waals surface area (Å²) in [7, 11) is 1.74. The van der Waals surface area contributed by atoms with Crippen LogP contribution >= 0.6 is 0 Å². The molecule has 0 spiro atoms. The van der Waals surface area contributed by atoms with Gasteiger partial charge >= 0.3 is 0 Å². The third-order valence-corrected chi connectivity index (χ3v) is 3.42. The van der Waals surface area contributed by atoms with Crippen molar-refractivity contribution >= 4 is 0 Å². The molecule has 0 aromatic rings. The smallest absolute Gasteiger partial charge is 0.0462 e. The zero-order valence-corrected chi connectivity index (χ0v) is 10.2. The van der Waals surface area contributed by atoms with Crippen LogP contribution in [0.15, 0.2) is 0 Å². The van der Waals surface area contributed by atoms with Gasteiger partial charge in [0.1, 0.15) is 0 Å². The van der Waals surface area contributed by atoms with E-state index >= 15 is 0 Å². The van der Waals surface area contributed by atoms with Crippen molar-refractivity contribution in [2.75, 3.05) is 20.3 Å². The number of rotatable bonds is 7. The molecule has 15 heavy (non-hydrogen) atoms. The van der Waals surface area contributed by atoms with Crippen LogP contribution in [-0.4, -0.2) is 31.8 Å². The molecule has 0 saturated heterocycles. The quantitative estimate of drug-likeness (QED) is 0.634. The zero-order valence-electron chi connectivity index (χ0n) is 10.2. The van der Waals surface area contributed by atoms with Gasteiger partial charge in [-0.3, -0.25) is 0 Å². The number of nitrogens with one attached hydrogen (secondary N) is 1. The van der Waals surface area contributed by atoms with E-state index in [0.29, 0.717) is 5.54 Å². The van der Waals surface area contributed by atoms with Crippen LogP contribution in [0.4, 0.5) is 0 Å². The molecular formula is C12H26N2O. The fraction of sp³-hybridized carbons (Fsp3) is 1.00. The Balaban J connectivity index is 2.07. The first kappa shape index (κ1) is 12.9. The first-order chi connectivity index (χ1) is 7.16. The molecule has 1 aliphatic rings. The average Bonchev–Trinajstić information content (AvgIpc) is 2.64.